The monoisotopic (exact) mass is 406 g/mol. The van der Waals surface area contributed by atoms with Crippen molar-refractivity contribution in [2.45, 2.75) is 66.7 Å². The number of benzene rings is 3. The van der Waals surface area contributed by atoms with Gasteiger partial charge in [-0.15, -0.1) is 0 Å². The van der Waals surface area contributed by atoms with Gasteiger partial charge in [-0.05, 0) is 60.7 Å². The highest BCUT2D eigenvalue weighted by Crippen LogP contribution is 2.41. The highest BCUT2D eigenvalue weighted by Gasteiger charge is 2.31. The number of phenolic OH excluding ortho intramolecular Hbond substituents is 2. The molecule has 30 heavy (non-hydrogen) atoms. The minimum absolute atomic E-state index is 0.302. The van der Waals surface area contributed by atoms with E-state index >= 15 is 0 Å². The molecule has 0 fully saturated rings. The van der Waals surface area contributed by atoms with Crippen molar-refractivity contribution in [3.63, 3.8) is 0 Å². The first-order valence-corrected chi connectivity index (χ1v) is 10.9. The summed E-state index contributed by atoms with van der Waals surface area (Å²) in [5.74, 6) is 0.604. The van der Waals surface area contributed by atoms with E-state index in [0.717, 1.165) is 22.3 Å². The first kappa shape index (κ1) is 25.3. The zero-order chi connectivity index (χ0) is 22.7. The Labute approximate surface area is 183 Å². The van der Waals surface area contributed by atoms with Gasteiger partial charge in [0.1, 0.15) is 11.5 Å². The molecular formula is C28H38O2. The number of rotatable bonds is 3. The van der Waals surface area contributed by atoms with Crippen molar-refractivity contribution in [3.8, 4) is 11.5 Å². The molecule has 3 aromatic rings. The minimum Gasteiger partial charge on any atom is -0.508 e. The second-order valence-corrected chi connectivity index (χ2v) is 7.91. The zero-order valence-electron chi connectivity index (χ0n) is 19.7. The molecule has 2 N–H and O–H groups in total. The minimum atomic E-state index is -0.377. The summed E-state index contributed by atoms with van der Waals surface area (Å²) < 4.78 is 0. The van der Waals surface area contributed by atoms with Crippen LogP contribution in [0.3, 0.4) is 0 Å². The first-order valence-electron chi connectivity index (χ1n) is 10.9. The molecule has 0 heterocycles. The molecule has 2 nitrogen and oxygen atoms in total. The SMILES string of the molecule is CCC.CCC.Cc1cc(C(C)(c2ccccc2)c2ccc(O)c(C)c2)ccc1O. The first-order chi connectivity index (χ1) is 14.3. The Morgan fingerprint density at radius 2 is 0.967 bits per heavy atom. The Morgan fingerprint density at radius 1 is 0.600 bits per heavy atom. The standard InChI is InChI=1S/C22H22O2.2C3H8/c1-15-13-18(9-11-20(15)23)22(3,17-7-5-4-6-8-17)19-10-12-21(24)16(2)14-19;2*1-3-2/h4-14,23-24H,1-3H3;2*3H2,1-2H3. The lowest BCUT2D eigenvalue weighted by Gasteiger charge is -2.32. The number of aromatic hydroxyl groups is 2. The fraction of sp³-hybridized carbons (Fsp3) is 0.357. The van der Waals surface area contributed by atoms with Crippen molar-refractivity contribution < 1.29 is 10.2 Å². The van der Waals surface area contributed by atoms with Crippen LogP contribution in [0.5, 0.6) is 11.5 Å². The van der Waals surface area contributed by atoms with Crippen LogP contribution in [0.4, 0.5) is 0 Å². The van der Waals surface area contributed by atoms with Gasteiger partial charge in [0.15, 0.2) is 0 Å². The number of aryl methyl sites for hydroxylation is 2. The summed E-state index contributed by atoms with van der Waals surface area (Å²) in [6.45, 7) is 14.5. The number of hydrogen-bond acceptors (Lipinski definition) is 2. The molecule has 0 bridgehead atoms. The van der Waals surface area contributed by atoms with Gasteiger partial charge in [-0.1, -0.05) is 95.1 Å². The van der Waals surface area contributed by atoms with Gasteiger partial charge in [0.2, 0.25) is 0 Å². The second-order valence-electron chi connectivity index (χ2n) is 7.91. The predicted molar refractivity (Wildman–Crippen MR) is 130 cm³/mol. The molecule has 0 unspecified atom stereocenters. The predicted octanol–water partition coefficient (Wildman–Crippen LogP) is 7.90. The molecule has 0 radical (unpaired) electrons. The van der Waals surface area contributed by atoms with Crippen LogP contribution in [-0.2, 0) is 5.41 Å². The van der Waals surface area contributed by atoms with Crippen LogP contribution < -0.4 is 0 Å². The van der Waals surface area contributed by atoms with E-state index in [0.29, 0.717) is 11.5 Å². The van der Waals surface area contributed by atoms with E-state index in [1.165, 1.54) is 18.4 Å². The Balaban J connectivity index is 0.000000672. The third-order valence-electron chi connectivity index (χ3n) is 4.90. The molecule has 2 heteroatoms. The average Bonchev–Trinajstić information content (AvgIpc) is 2.73. The number of phenols is 2. The van der Waals surface area contributed by atoms with Gasteiger partial charge < -0.3 is 10.2 Å². The summed E-state index contributed by atoms with van der Waals surface area (Å²) in [6, 6.07) is 21.8. The largest absolute Gasteiger partial charge is 0.508 e. The fourth-order valence-corrected chi connectivity index (χ4v) is 3.20. The molecule has 162 valence electrons. The van der Waals surface area contributed by atoms with E-state index in [9.17, 15) is 10.2 Å². The topological polar surface area (TPSA) is 40.5 Å². The van der Waals surface area contributed by atoms with Crippen LogP contribution in [0.1, 0.15) is 75.3 Å². The van der Waals surface area contributed by atoms with Gasteiger partial charge in [-0.25, -0.2) is 0 Å². The van der Waals surface area contributed by atoms with E-state index in [2.05, 4.69) is 46.8 Å². The van der Waals surface area contributed by atoms with E-state index < -0.39 is 0 Å². The summed E-state index contributed by atoms with van der Waals surface area (Å²) in [5, 5.41) is 19.8. The molecule has 3 aromatic carbocycles. The maximum atomic E-state index is 9.90. The normalized spacial score (nSPS) is 10.4. The second kappa shape index (κ2) is 12.1. The third kappa shape index (κ3) is 6.13. The highest BCUT2D eigenvalue weighted by atomic mass is 16.3. The molecule has 0 spiro atoms. The highest BCUT2D eigenvalue weighted by molar-refractivity contribution is 5.53. The summed E-state index contributed by atoms with van der Waals surface area (Å²) in [4.78, 5) is 0. The molecule has 0 aliphatic heterocycles. The Hall–Kier alpha value is -2.74. The fourth-order valence-electron chi connectivity index (χ4n) is 3.20. The van der Waals surface area contributed by atoms with Crippen LogP contribution in [0.25, 0.3) is 0 Å². The van der Waals surface area contributed by atoms with Gasteiger partial charge >= 0.3 is 0 Å². The smallest absolute Gasteiger partial charge is 0.118 e. The lowest BCUT2D eigenvalue weighted by atomic mass is 9.70. The van der Waals surface area contributed by atoms with Crippen molar-refractivity contribution in [2.75, 3.05) is 0 Å². The van der Waals surface area contributed by atoms with Crippen LogP contribution >= 0.6 is 0 Å². The van der Waals surface area contributed by atoms with Crippen LogP contribution in [0.15, 0.2) is 66.7 Å². The van der Waals surface area contributed by atoms with Gasteiger partial charge in [-0.2, -0.15) is 0 Å². The van der Waals surface area contributed by atoms with E-state index in [-0.39, 0.29) is 5.41 Å². The van der Waals surface area contributed by atoms with E-state index in [1.807, 2.05) is 56.3 Å². The van der Waals surface area contributed by atoms with Crippen molar-refractivity contribution in [2.24, 2.45) is 0 Å². The molecule has 3 rings (SSSR count). The van der Waals surface area contributed by atoms with Crippen molar-refractivity contribution in [3.05, 3.63) is 94.5 Å². The molecule has 0 amide bonds. The molecular weight excluding hydrogens is 368 g/mol. The third-order valence-corrected chi connectivity index (χ3v) is 4.90. The van der Waals surface area contributed by atoms with Crippen molar-refractivity contribution >= 4 is 0 Å². The van der Waals surface area contributed by atoms with Gasteiger partial charge in [0.25, 0.3) is 0 Å². The number of hydrogen-bond donors (Lipinski definition) is 2. The summed E-state index contributed by atoms with van der Waals surface area (Å²) in [5.41, 5.74) is 4.71. The van der Waals surface area contributed by atoms with Crippen LogP contribution in [0.2, 0.25) is 0 Å². The molecule has 0 atom stereocenters. The maximum absolute atomic E-state index is 9.90. The van der Waals surface area contributed by atoms with E-state index in [4.69, 9.17) is 0 Å². The van der Waals surface area contributed by atoms with Crippen molar-refractivity contribution in [1.29, 1.82) is 0 Å². The molecule has 0 aromatic heterocycles. The van der Waals surface area contributed by atoms with E-state index in [1.54, 1.807) is 12.1 Å². The maximum Gasteiger partial charge on any atom is 0.118 e. The van der Waals surface area contributed by atoms with Gasteiger partial charge in [0, 0.05) is 5.41 Å². The Bertz CT molecular complexity index is 844. The Kier molecular flexibility index (Phi) is 10.2. The van der Waals surface area contributed by atoms with Crippen molar-refractivity contribution in [1.82, 2.24) is 0 Å². The van der Waals surface area contributed by atoms with Gasteiger partial charge in [0.05, 0.1) is 0 Å². The van der Waals surface area contributed by atoms with Crippen LogP contribution in [-0.4, -0.2) is 10.2 Å². The molecule has 0 aliphatic carbocycles. The summed E-state index contributed by atoms with van der Waals surface area (Å²) in [6.07, 6.45) is 2.50. The Morgan fingerprint density at radius 3 is 1.30 bits per heavy atom. The van der Waals surface area contributed by atoms with Crippen LogP contribution in [0, 0.1) is 13.8 Å². The van der Waals surface area contributed by atoms with Gasteiger partial charge in [-0.3, -0.25) is 0 Å². The lowest BCUT2D eigenvalue weighted by molar-refractivity contribution is 0.470. The summed E-state index contributed by atoms with van der Waals surface area (Å²) >= 11 is 0. The molecule has 0 saturated carbocycles. The summed E-state index contributed by atoms with van der Waals surface area (Å²) in [7, 11) is 0. The molecule has 0 saturated heterocycles. The zero-order valence-corrected chi connectivity index (χ0v) is 19.7. The quantitative estimate of drug-likeness (QED) is 0.434. The average molecular weight is 407 g/mol. The molecule has 0 aliphatic rings. The lowest BCUT2D eigenvalue weighted by Crippen LogP contribution is -2.25.